The molecule has 2 aromatic rings. The first-order valence-corrected chi connectivity index (χ1v) is 7.72. The highest BCUT2D eigenvalue weighted by Gasteiger charge is 2.12. The van der Waals surface area contributed by atoms with Crippen molar-refractivity contribution in [2.75, 3.05) is 12.4 Å². The summed E-state index contributed by atoms with van der Waals surface area (Å²) in [5.74, 6) is 0.342. The van der Waals surface area contributed by atoms with Gasteiger partial charge in [0.15, 0.2) is 10.9 Å². The van der Waals surface area contributed by atoms with Crippen molar-refractivity contribution >= 4 is 28.2 Å². The molecule has 0 atom stereocenters. The molecule has 0 bridgehead atoms. The van der Waals surface area contributed by atoms with Gasteiger partial charge in [-0.25, -0.2) is 4.98 Å². The van der Waals surface area contributed by atoms with Crippen LogP contribution in [0.15, 0.2) is 24.3 Å². The van der Waals surface area contributed by atoms with Gasteiger partial charge in [-0.05, 0) is 26.0 Å². The molecule has 22 heavy (non-hydrogen) atoms. The number of carbonyl (C=O) groups excluding carboxylic acids is 2. The van der Waals surface area contributed by atoms with Crippen LogP contribution in [0.2, 0.25) is 0 Å². The minimum Gasteiger partial charge on any atom is -0.497 e. The normalized spacial score (nSPS) is 10.3. The summed E-state index contributed by atoms with van der Waals surface area (Å²) in [6.07, 6.45) is 0.288. The maximum atomic E-state index is 12.1. The number of nitrogens with zero attached hydrogens (tertiary/aromatic N) is 1. The first-order chi connectivity index (χ1) is 10.5. The second kappa shape index (κ2) is 7.17. The number of anilines is 1. The van der Waals surface area contributed by atoms with Crippen LogP contribution >= 0.6 is 11.3 Å². The van der Waals surface area contributed by atoms with Crippen molar-refractivity contribution in [2.24, 2.45) is 0 Å². The largest absolute Gasteiger partial charge is 0.497 e. The first-order valence-electron chi connectivity index (χ1n) is 6.90. The van der Waals surface area contributed by atoms with Crippen molar-refractivity contribution in [3.8, 4) is 5.75 Å². The molecule has 1 aromatic heterocycles. The highest BCUT2D eigenvalue weighted by atomic mass is 32.1. The topological polar surface area (TPSA) is 68.3 Å². The predicted octanol–water partition coefficient (Wildman–Crippen LogP) is 3.37. The Kier molecular flexibility index (Phi) is 5.27. The number of carbonyl (C=O) groups is 2. The molecular weight excluding hydrogens is 300 g/mol. The minimum absolute atomic E-state index is 0.0828. The molecule has 0 spiro atoms. The molecule has 1 N–H and O–H groups in total. The highest BCUT2D eigenvalue weighted by Crippen LogP contribution is 2.21. The quantitative estimate of drug-likeness (QED) is 0.829. The first kappa shape index (κ1) is 16.2. The number of methoxy groups -OCH3 is 1. The SMILES string of the molecule is COc1cccc(C(=O)CCC(=O)Nc2nc(C)c(C)s2)c1. The van der Waals surface area contributed by atoms with Gasteiger partial charge in [-0.1, -0.05) is 12.1 Å². The zero-order valence-corrected chi connectivity index (χ0v) is 13.6. The number of nitrogens with one attached hydrogen (secondary N) is 1. The van der Waals surface area contributed by atoms with Crippen LogP contribution in [-0.2, 0) is 4.79 Å². The fourth-order valence-corrected chi connectivity index (χ4v) is 2.71. The molecule has 0 saturated heterocycles. The van der Waals surface area contributed by atoms with E-state index < -0.39 is 0 Å². The van der Waals surface area contributed by atoms with Crippen molar-refractivity contribution < 1.29 is 14.3 Å². The summed E-state index contributed by atoms with van der Waals surface area (Å²) in [4.78, 5) is 29.3. The van der Waals surface area contributed by atoms with Gasteiger partial charge in [-0.3, -0.25) is 9.59 Å². The van der Waals surface area contributed by atoms with Crippen LogP contribution in [0.4, 0.5) is 5.13 Å². The van der Waals surface area contributed by atoms with E-state index in [1.807, 2.05) is 13.8 Å². The Labute approximate surface area is 133 Å². The van der Waals surface area contributed by atoms with Crippen LogP contribution in [0, 0.1) is 13.8 Å². The van der Waals surface area contributed by atoms with Crippen molar-refractivity contribution in [1.82, 2.24) is 4.98 Å². The van der Waals surface area contributed by atoms with Crippen molar-refractivity contribution in [3.63, 3.8) is 0 Å². The summed E-state index contributed by atoms with van der Waals surface area (Å²) in [7, 11) is 1.55. The Bertz CT molecular complexity index is 675. The number of hydrogen-bond donors (Lipinski definition) is 1. The molecule has 1 amide bonds. The van der Waals surface area contributed by atoms with Gasteiger partial charge in [0.2, 0.25) is 5.91 Å². The second-order valence-electron chi connectivity index (χ2n) is 4.86. The van der Waals surface area contributed by atoms with E-state index in [1.165, 1.54) is 11.3 Å². The fraction of sp³-hybridized carbons (Fsp3) is 0.312. The number of ketones is 1. The van der Waals surface area contributed by atoms with E-state index in [0.717, 1.165) is 10.6 Å². The van der Waals surface area contributed by atoms with E-state index in [0.29, 0.717) is 16.4 Å². The van der Waals surface area contributed by atoms with Gasteiger partial charge in [-0.2, -0.15) is 0 Å². The Morgan fingerprint density at radius 2 is 2.05 bits per heavy atom. The number of thiazole rings is 1. The fourth-order valence-electron chi connectivity index (χ4n) is 1.88. The van der Waals surface area contributed by atoms with Crippen LogP contribution in [-0.4, -0.2) is 23.8 Å². The standard InChI is InChI=1S/C16H18N2O3S/c1-10-11(2)22-16(17-10)18-15(20)8-7-14(19)12-5-4-6-13(9-12)21-3/h4-6,9H,7-8H2,1-3H3,(H,17,18,20). The van der Waals surface area contributed by atoms with Crippen LogP contribution in [0.3, 0.4) is 0 Å². The number of hydrogen-bond acceptors (Lipinski definition) is 5. The molecular formula is C16H18N2O3S. The zero-order chi connectivity index (χ0) is 16.1. The average Bonchev–Trinajstić information content (AvgIpc) is 2.82. The summed E-state index contributed by atoms with van der Waals surface area (Å²) in [5.41, 5.74) is 1.46. The second-order valence-corrected chi connectivity index (χ2v) is 6.07. The Morgan fingerprint density at radius 1 is 1.27 bits per heavy atom. The van der Waals surface area contributed by atoms with E-state index in [2.05, 4.69) is 10.3 Å². The maximum absolute atomic E-state index is 12.1. The Hall–Kier alpha value is -2.21. The van der Waals surface area contributed by atoms with Gasteiger partial charge >= 0.3 is 0 Å². The lowest BCUT2D eigenvalue weighted by Crippen LogP contribution is -2.13. The van der Waals surface area contributed by atoms with Crippen molar-refractivity contribution in [1.29, 1.82) is 0 Å². The monoisotopic (exact) mass is 318 g/mol. The van der Waals surface area contributed by atoms with Crippen LogP contribution in [0.5, 0.6) is 5.75 Å². The van der Waals surface area contributed by atoms with E-state index in [9.17, 15) is 9.59 Å². The molecule has 0 aliphatic carbocycles. The summed E-state index contributed by atoms with van der Waals surface area (Å²) >= 11 is 1.43. The van der Waals surface area contributed by atoms with Gasteiger partial charge in [0.05, 0.1) is 12.8 Å². The highest BCUT2D eigenvalue weighted by molar-refractivity contribution is 7.15. The summed E-state index contributed by atoms with van der Waals surface area (Å²) in [5, 5.41) is 3.30. The molecule has 0 fully saturated rings. The lowest BCUT2D eigenvalue weighted by atomic mass is 10.1. The summed E-state index contributed by atoms with van der Waals surface area (Å²) < 4.78 is 5.08. The molecule has 116 valence electrons. The van der Waals surface area contributed by atoms with E-state index >= 15 is 0 Å². The molecule has 1 heterocycles. The third kappa shape index (κ3) is 4.14. The average molecular weight is 318 g/mol. The number of ether oxygens (including phenoxy) is 1. The smallest absolute Gasteiger partial charge is 0.226 e. The molecule has 0 aliphatic heterocycles. The molecule has 5 nitrogen and oxygen atoms in total. The molecule has 0 unspecified atom stereocenters. The number of aryl methyl sites for hydroxylation is 2. The number of aromatic nitrogens is 1. The van der Waals surface area contributed by atoms with Crippen molar-refractivity contribution in [3.05, 3.63) is 40.4 Å². The number of Topliss-reactive ketones (excluding diaryl/α,β-unsaturated/α-hetero) is 1. The molecule has 6 heteroatoms. The van der Waals surface area contributed by atoms with E-state index in [-0.39, 0.29) is 24.5 Å². The van der Waals surface area contributed by atoms with Gasteiger partial charge in [0.25, 0.3) is 0 Å². The van der Waals surface area contributed by atoms with Crippen LogP contribution in [0.1, 0.15) is 33.8 Å². The number of benzene rings is 1. The lowest BCUT2D eigenvalue weighted by molar-refractivity contribution is -0.116. The summed E-state index contributed by atoms with van der Waals surface area (Å²) in [6.45, 7) is 3.85. The number of rotatable bonds is 6. The van der Waals surface area contributed by atoms with Crippen molar-refractivity contribution in [2.45, 2.75) is 26.7 Å². The molecule has 0 saturated carbocycles. The zero-order valence-electron chi connectivity index (χ0n) is 12.8. The van der Waals surface area contributed by atoms with E-state index in [1.54, 1.807) is 31.4 Å². The maximum Gasteiger partial charge on any atom is 0.226 e. The third-order valence-corrected chi connectivity index (χ3v) is 4.23. The molecule has 2 rings (SSSR count). The Morgan fingerprint density at radius 3 is 2.68 bits per heavy atom. The van der Waals surface area contributed by atoms with Crippen LogP contribution < -0.4 is 10.1 Å². The molecule has 1 aromatic carbocycles. The molecule has 0 aliphatic rings. The van der Waals surface area contributed by atoms with Gasteiger partial charge in [0, 0.05) is 23.3 Å². The van der Waals surface area contributed by atoms with Gasteiger partial charge in [-0.15, -0.1) is 11.3 Å². The lowest BCUT2D eigenvalue weighted by Gasteiger charge is -2.04. The van der Waals surface area contributed by atoms with Gasteiger partial charge < -0.3 is 10.1 Å². The van der Waals surface area contributed by atoms with Gasteiger partial charge in [0.1, 0.15) is 5.75 Å². The van der Waals surface area contributed by atoms with Crippen LogP contribution in [0.25, 0.3) is 0 Å². The Balaban J connectivity index is 1.88. The minimum atomic E-state index is -0.204. The predicted molar refractivity (Wildman–Crippen MR) is 86.8 cm³/mol. The van der Waals surface area contributed by atoms with E-state index in [4.69, 9.17) is 4.74 Å². The number of amides is 1. The molecule has 0 radical (unpaired) electrons. The third-order valence-electron chi connectivity index (χ3n) is 3.25. The summed E-state index contributed by atoms with van der Waals surface area (Å²) in [6, 6.07) is 6.92.